The number of aryl methyl sites for hydroxylation is 1. The summed E-state index contributed by atoms with van der Waals surface area (Å²) in [6, 6.07) is 9.79. The number of hydrogen-bond acceptors (Lipinski definition) is 6. The predicted octanol–water partition coefficient (Wildman–Crippen LogP) is 2.36. The first-order valence-electron chi connectivity index (χ1n) is 7.47. The van der Waals surface area contributed by atoms with Crippen molar-refractivity contribution in [1.29, 1.82) is 0 Å². The van der Waals surface area contributed by atoms with Crippen molar-refractivity contribution in [3.8, 4) is 0 Å². The summed E-state index contributed by atoms with van der Waals surface area (Å²) in [5, 5.41) is 1.83. The molecule has 24 heavy (non-hydrogen) atoms. The van der Waals surface area contributed by atoms with Crippen LogP contribution < -0.4 is 10.5 Å². The normalized spacial score (nSPS) is 10.8. The van der Waals surface area contributed by atoms with Crippen LogP contribution >= 0.6 is 11.3 Å². The van der Waals surface area contributed by atoms with Crippen LogP contribution in [-0.4, -0.2) is 35.6 Å². The molecule has 0 aliphatic rings. The molecule has 0 saturated heterocycles. The Morgan fingerprint density at radius 1 is 1.33 bits per heavy atom. The third-order valence-corrected chi connectivity index (χ3v) is 4.65. The summed E-state index contributed by atoms with van der Waals surface area (Å²) in [5.41, 5.74) is 1.35. The average Bonchev–Trinajstić information content (AvgIpc) is 2.97. The van der Waals surface area contributed by atoms with E-state index < -0.39 is 5.97 Å². The van der Waals surface area contributed by atoms with Gasteiger partial charge in [-0.25, -0.2) is 9.78 Å². The third kappa shape index (κ3) is 3.16. The van der Waals surface area contributed by atoms with Crippen molar-refractivity contribution in [3.05, 3.63) is 63.5 Å². The smallest absolute Gasteiger partial charge is 0.345 e. The number of likely N-dealkylation sites (N-methyl/N-ethyl adjacent to an activating group) is 1. The van der Waals surface area contributed by atoms with Crippen LogP contribution in [0.25, 0.3) is 4.96 Å². The number of rotatable bonds is 5. The van der Waals surface area contributed by atoms with Crippen LogP contribution in [0.1, 0.15) is 16.1 Å². The van der Waals surface area contributed by atoms with Crippen molar-refractivity contribution < 1.29 is 9.53 Å². The number of ether oxygens (including phenoxy) is 1. The molecule has 0 spiro atoms. The van der Waals surface area contributed by atoms with Crippen molar-refractivity contribution in [2.45, 2.75) is 6.92 Å². The molecule has 0 atom stereocenters. The highest BCUT2D eigenvalue weighted by atomic mass is 32.1. The first-order chi connectivity index (χ1) is 11.6. The molecule has 0 amide bonds. The van der Waals surface area contributed by atoms with Crippen LogP contribution in [0, 0.1) is 6.92 Å². The molecular formula is C17H17N3O3S. The van der Waals surface area contributed by atoms with Gasteiger partial charge in [-0.1, -0.05) is 18.2 Å². The van der Waals surface area contributed by atoms with E-state index in [9.17, 15) is 9.59 Å². The largest absolute Gasteiger partial charge is 0.460 e. The number of anilines is 1. The molecule has 2 heterocycles. The molecule has 1 aromatic carbocycles. The molecule has 0 aliphatic heterocycles. The Morgan fingerprint density at radius 3 is 2.83 bits per heavy atom. The molecule has 0 bridgehead atoms. The summed E-state index contributed by atoms with van der Waals surface area (Å²) >= 11 is 1.36. The fourth-order valence-electron chi connectivity index (χ4n) is 2.33. The van der Waals surface area contributed by atoms with E-state index in [0.717, 1.165) is 11.4 Å². The summed E-state index contributed by atoms with van der Waals surface area (Å²) in [4.78, 5) is 31.2. The van der Waals surface area contributed by atoms with E-state index in [-0.39, 0.29) is 17.7 Å². The lowest BCUT2D eigenvalue weighted by atomic mass is 10.3. The number of para-hydroxylation sites is 1. The quantitative estimate of drug-likeness (QED) is 0.666. The Hall–Kier alpha value is -2.67. The molecule has 0 radical (unpaired) electrons. The van der Waals surface area contributed by atoms with Gasteiger partial charge in [0.25, 0.3) is 5.56 Å². The number of benzene rings is 1. The van der Waals surface area contributed by atoms with Gasteiger partial charge >= 0.3 is 5.97 Å². The van der Waals surface area contributed by atoms with E-state index in [4.69, 9.17) is 4.74 Å². The van der Waals surface area contributed by atoms with Gasteiger partial charge in [-0.3, -0.25) is 9.20 Å². The van der Waals surface area contributed by atoms with Gasteiger partial charge in [0.05, 0.1) is 12.7 Å². The second-order valence-corrected chi connectivity index (χ2v) is 6.20. The molecule has 7 heteroatoms. The number of carbonyl (C=O) groups is 1. The predicted molar refractivity (Wildman–Crippen MR) is 94.1 cm³/mol. The maximum Gasteiger partial charge on any atom is 0.345 e. The number of esters is 1. The Balaban J connectivity index is 1.66. The Bertz CT molecular complexity index is 918. The van der Waals surface area contributed by atoms with Gasteiger partial charge in [0, 0.05) is 23.8 Å². The number of nitrogens with zero attached hydrogens (tertiary/aromatic N) is 3. The second kappa shape index (κ2) is 6.84. The Morgan fingerprint density at radius 2 is 2.08 bits per heavy atom. The number of aromatic nitrogens is 2. The molecule has 3 rings (SSSR count). The van der Waals surface area contributed by atoms with Gasteiger partial charge in [0.1, 0.15) is 12.2 Å². The van der Waals surface area contributed by atoms with Gasteiger partial charge < -0.3 is 9.64 Å². The van der Waals surface area contributed by atoms with Crippen molar-refractivity contribution in [1.82, 2.24) is 9.38 Å². The van der Waals surface area contributed by atoms with Crippen molar-refractivity contribution in [2.24, 2.45) is 0 Å². The van der Waals surface area contributed by atoms with Gasteiger partial charge in [-0.05, 0) is 19.1 Å². The highest BCUT2D eigenvalue weighted by molar-refractivity contribution is 7.15. The molecule has 0 N–H and O–H groups in total. The van der Waals surface area contributed by atoms with E-state index in [1.165, 1.54) is 21.9 Å². The van der Waals surface area contributed by atoms with Crippen LogP contribution in [-0.2, 0) is 4.74 Å². The zero-order chi connectivity index (χ0) is 17.1. The lowest BCUT2D eigenvalue weighted by Gasteiger charge is -2.18. The molecule has 0 saturated carbocycles. The number of thiazole rings is 1. The molecule has 0 fully saturated rings. The Kier molecular flexibility index (Phi) is 4.61. The summed E-state index contributed by atoms with van der Waals surface area (Å²) in [6.07, 6.45) is 1.29. The summed E-state index contributed by atoms with van der Waals surface area (Å²) in [6.45, 7) is 2.52. The minimum atomic E-state index is -0.644. The number of hydrogen-bond donors (Lipinski definition) is 0. The van der Waals surface area contributed by atoms with Crippen molar-refractivity contribution in [3.63, 3.8) is 0 Å². The molecule has 2 aromatic heterocycles. The second-order valence-electron chi connectivity index (χ2n) is 5.37. The zero-order valence-electron chi connectivity index (χ0n) is 13.4. The summed E-state index contributed by atoms with van der Waals surface area (Å²) in [5.74, 6) is -0.644. The van der Waals surface area contributed by atoms with Gasteiger partial charge in [0.2, 0.25) is 0 Å². The monoisotopic (exact) mass is 343 g/mol. The van der Waals surface area contributed by atoms with Gasteiger partial charge in [-0.2, -0.15) is 0 Å². The maximum absolute atomic E-state index is 12.4. The summed E-state index contributed by atoms with van der Waals surface area (Å²) in [7, 11) is 1.92. The van der Waals surface area contributed by atoms with E-state index in [0.29, 0.717) is 11.5 Å². The Labute approximate surface area is 142 Å². The zero-order valence-corrected chi connectivity index (χ0v) is 14.2. The van der Waals surface area contributed by atoms with E-state index in [1.807, 2.05) is 47.7 Å². The highest BCUT2D eigenvalue weighted by Gasteiger charge is 2.16. The molecule has 6 nitrogen and oxygen atoms in total. The highest BCUT2D eigenvalue weighted by Crippen LogP contribution is 2.12. The van der Waals surface area contributed by atoms with E-state index >= 15 is 0 Å². The minimum absolute atomic E-state index is 0.0450. The number of carbonyl (C=O) groups excluding carboxylic acids is 1. The number of fused-ring (bicyclic) bond motifs is 1. The van der Waals surface area contributed by atoms with E-state index in [1.54, 1.807) is 6.92 Å². The topological polar surface area (TPSA) is 63.9 Å². The fourth-order valence-corrected chi connectivity index (χ4v) is 3.16. The van der Waals surface area contributed by atoms with E-state index in [2.05, 4.69) is 4.98 Å². The molecule has 0 unspecified atom stereocenters. The molecule has 124 valence electrons. The van der Waals surface area contributed by atoms with Crippen LogP contribution in [0.2, 0.25) is 0 Å². The lowest BCUT2D eigenvalue weighted by Crippen LogP contribution is -2.27. The van der Waals surface area contributed by atoms with Crippen molar-refractivity contribution >= 4 is 28.0 Å². The van der Waals surface area contributed by atoms with Crippen LogP contribution in [0.4, 0.5) is 5.69 Å². The van der Waals surface area contributed by atoms with Gasteiger partial charge in [0.15, 0.2) is 4.96 Å². The third-order valence-electron chi connectivity index (χ3n) is 3.69. The molecule has 3 aromatic rings. The van der Waals surface area contributed by atoms with Gasteiger partial charge in [-0.15, -0.1) is 11.3 Å². The SMILES string of the molecule is Cc1csc2ncc(C(=O)OCCN(C)c3ccccc3)c(=O)n12. The molecular weight excluding hydrogens is 326 g/mol. The van der Waals surface area contributed by atoms with Crippen LogP contribution in [0.5, 0.6) is 0 Å². The standard InChI is InChI=1S/C17H17N3O3S/c1-12-11-24-17-18-10-14(15(21)20(12)17)16(22)23-9-8-19(2)13-6-4-3-5-7-13/h3-7,10-11H,8-9H2,1-2H3. The fraction of sp³-hybridized carbons (Fsp3) is 0.235. The average molecular weight is 343 g/mol. The maximum atomic E-state index is 12.4. The first-order valence-corrected chi connectivity index (χ1v) is 8.35. The minimum Gasteiger partial charge on any atom is -0.460 e. The lowest BCUT2D eigenvalue weighted by molar-refractivity contribution is 0.0513. The van der Waals surface area contributed by atoms with Crippen LogP contribution in [0.3, 0.4) is 0 Å². The van der Waals surface area contributed by atoms with Crippen molar-refractivity contribution in [2.75, 3.05) is 25.1 Å². The summed E-state index contributed by atoms with van der Waals surface area (Å²) < 4.78 is 6.66. The molecule has 0 aliphatic carbocycles. The van der Waals surface area contributed by atoms with Crippen LogP contribution in [0.15, 0.2) is 46.7 Å². The first kappa shape index (κ1) is 16.2.